The maximum Gasteiger partial charge on any atom is 0.250 e. The standard InChI is InChI=1S/C12H16ClN3O2/c13-10-1-2-11(17)16(9-10)6-3-12(18)15-7-4-14-5-8-15/h1-2,9,14H,3-8H2. The summed E-state index contributed by atoms with van der Waals surface area (Å²) in [4.78, 5) is 25.3. The number of carbonyl (C=O) groups is 1. The summed E-state index contributed by atoms with van der Waals surface area (Å²) in [7, 11) is 0. The van der Waals surface area contributed by atoms with Crippen LogP contribution in [0.5, 0.6) is 0 Å². The molecule has 2 rings (SSSR count). The summed E-state index contributed by atoms with van der Waals surface area (Å²) in [5.41, 5.74) is -0.132. The molecule has 5 nitrogen and oxygen atoms in total. The molecule has 1 aliphatic rings. The van der Waals surface area contributed by atoms with Gasteiger partial charge in [0.1, 0.15) is 0 Å². The van der Waals surface area contributed by atoms with Crippen LogP contribution in [0.1, 0.15) is 6.42 Å². The lowest BCUT2D eigenvalue weighted by Gasteiger charge is -2.27. The van der Waals surface area contributed by atoms with E-state index in [1.807, 2.05) is 4.90 Å². The number of rotatable bonds is 3. The summed E-state index contributed by atoms with van der Waals surface area (Å²) < 4.78 is 1.47. The van der Waals surface area contributed by atoms with Gasteiger partial charge in [-0.1, -0.05) is 11.6 Å². The van der Waals surface area contributed by atoms with Gasteiger partial charge < -0.3 is 14.8 Å². The Morgan fingerprint density at radius 3 is 2.78 bits per heavy atom. The Morgan fingerprint density at radius 2 is 2.06 bits per heavy atom. The smallest absolute Gasteiger partial charge is 0.250 e. The van der Waals surface area contributed by atoms with Crippen LogP contribution in [0, 0.1) is 0 Å². The highest BCUT2D eigenvalue weighted by Gasteiger charge is 2.15. The third-order valence-electron chi connectivity index (χ3n) is 2.98. The fourth-order valence-electron chi connectivity index (χ4n) is 1.97. The molecule has 1 amide bonds. The predicted octanol–water partition coefficient (Wildman–Crippen LogP) is 0.324. The summed E-state index contributed by atoms with van der Waals surface area (Å²) in [6.07, 6.45) is 1.90. The zero-order valence-corrected chi connectivity index (χ0v) is 10.8. The minimum Gasteiger partial charge on any atom is -0.340 e. The Balaban J connectivity index is 1.92. The number of nitrogens with zero attached hydrogens (tertiary/aromatic N) is 2. The van der Waals surface area contributed by atoms with E-state index >= 15 is 0 Å². The molecule has 1 aliphatic heterocycles. The minimum atomic E-state index is -0.132. The predicted molar refractivity (Wildman–Crippen MR) is 69.8 cm³/mol. The Hall–Kier alpha value is -1.33. The summed E-state index contributed by atoms with van der Waals surface area (Å²) in [6, 6.07) is 2.97. The van der Waals surface area contributed by atoms with Crippen LogP contribution < -0.4 is 10.9 Å². The summed E-state index contributed by atoms with van der Waals surface area (Å²) in [5, 5.41) is 3.70. The van der Waals surface area contributed by atoms with Crippen molar-refractivity contribution in [1.29, 1.82) is 0 Å². The van der Waals surface area contributed by atoms with Gasteiger partial charge in [-0.2, -0.15) is 0 Å². The number of aromatic nitrogens is 1. The molecular weight excluding hydrogens is 254 g/mol. The van der Waals surface area contributed by atoms with Crippen molar-refractivity contribution in [2.75, 3.05) is 26.2 Å². The van der Waals surface area contributed by atoms with Gasteiger partial charge >= 0.3 is 0 Å². The van der Waals surface area contributed by atoms with Crippen LogP contribution in [0.15, 0.2) is 23.1 Å². The van der Waals surface area contributed by atoms with Crippen molar-refractivity contribution in [2.45, 2.75) is 13.0 Å². The van der Waals surface area contributed by atoms with Gasteiger partial charge in [-0.25, -0.2) is 0 Å². The third kappa shape index (κ3) is 3.34. The number of halogens is 1. The zero-order valence-electron chi connectivity index (χ0n) is 10.1. The summed E-state index contributed by atoms with van der Waals surface area (Å²) in [5.74, 6) is 0.0865. The van der Waals surface area contributed by atoms with Crippen molar-refractivity contribution >= 4 is 17.5 Å². The lowest BCUT2D eigenvalue weighted by molar-refractivity contribution is -0.132. The van der Waals surface area contributed by atoms with Gasteiger partial charge in [-0.15, -0.1) is 0 Å². The van der Waals surface area contributed by atoms with Crippen LogP contribution in [-0.2, 0) is 11.3 Å². The average molecular weight is 270 g/mol. The lowest BCUT2D eigenvalue weighted by Crippen LogP contribution is -2.46. The van der Waals surface area contributed by atoms with Crippen LogP contribution >= 0.6 is 11.6 Å². The molecule has 0 aromatic carbocycles. The molecule has 6 heteroatoms. The molecular formula is C12H16ClN3O2. The second-order valence-corrected chi connectivity index (χ2v) is 4.70. The van der Waals surface area contributed by atoms with Crippen molar-refractivity contribution in [3.05, 3.63) is 33.7 Å². The molecule has 18 heavy (non-hydrogen) atoms. The first-order valence-corrected chi connectivity index (χ1v) is 6.39. The largest absolute Gasteiger partial charge is 0.340 e. The second kappa shape index (κ2) is 6.02. The number of nitrogens with one attached hydrogen (secondary N) is 1. The molecule has 1 saturated heterocycles. The number of aryl methyl sites for hydroxylation is 1. The maximum atomic E-state index is 11.9. The van der Waals surface area contributed by atoms with E-state index in [2.05, 4.69) is 5.32 Å². The highest BCUT2D eigenvalue weighted by atomic mass is 35.5. The summed E-state index contributed by atoms with van der Waals surface area (Å²) in [6.45, 7) is 3.53. The van der Waals surface area contributed by atoms with E-state index in [-0.39, 0.29) is 11.5 Å². The molecule has 1 aromatic heterocycles. The Labute approximate surface area is 110 Å². The molecule has 0 aliphatic carbocycles. The Bertz CT molecular complexity index is 480. The van der Waals surface area contributed by atoms with Gasteiger partial charge in [0.15, 0.2) is 0 Å². The molecule has 0 atom stereocenters. The SMILES string of the molecule is O=C(CCn1cc(Cl)ccc1=O)N1CCNCC1. The fourth-order valence-corrected chi connectivity index (χ4v) is 2.15. The molecule has 0 spiro atoms. The molecule has 0 radical (unpaired) electrons. The van der Waals surface area contributed by atoms with Gasteiger partial charge in [0.05, 0.1) is 5.02 Å². The van der Waals surface area contributed by atoms with Crippen molar-refractivity contribution in [3.63, 3.8) is 0 Å². The van der Waals surface area contributed by atoms with Gasteiger partial charge in [0.2, 0.25) is 5.91 Å². The second-order valence-electron chi connectivity index (χ2n) is 4.26. The monoisotopic (exact) mass is 269 g/mol. The van der Waals surface area contributed by atoms with E-state index in [1.54, 1.807) is 12.3 Å². The van der Waals surface area contributed by atoms with E-state index in [0.717, 1.165) is 26.2 Å². The van der Waals surface area contributed by atoms with Gasteiger partial charge in [-0.05, 0) is 6.07 Å². The van der Waals surface area contributed by atoms with E-state index in [1.165, 1.54) is 10.6 Å². The van der Waals surface area contributed by atoms with Crippen LogP contribution in [0.3, 0.4) is 0 Å². The number of amides is 1. The van der Waals surface area contributed by atoms with Crippen molar-refractivity contribution < 1.29 is 4.79 Å². The topological polar surface area (TPSA) is 54.3 Å². The van der Waals surface area contributed by atoms with Crippen molar-refractivity contribution in [2.24, 2.45) is 0 Å². The fraction of sp³-hybridized carbons (Fsp3) is 0.500. The van der Waals surface area contributed by atoms with Gasteiger partial charge in [-0.3, -0.25) is 9.59 Å². The first-order valence-electron chi connectivity index (χ1n) is 6.01. The third-order valence-corrected chi connectivity index (χ3v) is 3.21. The van der Waals surface area contributed by atoms with Gasteiger partial charge in [0.25, 0.3) is 5.56 Å². The van der Waals surface area contributed by atoms with Crippen LogP contribution in [-0.4, -0.2) is 41.6 Å². The highest BCUT2D eigenvalue weighted by Crippen LogP contribution is 2.04. The first-order chi connectivity index (χ1) is 8.66. The molecule has 2 heterocycles. The van der Waals surface area contributed by atoms with E-state index in [0.29, 0.717) is 18.0 Å². The van der Waals surface area contributed by atoms with Gasteiger partial charge in [0, 0.05) is 51.4 Å². The minimum absolute atomic E-state index is 0.0865. The normalized spacial score (nSPS) is 15.7. The molecule has 0 bridgehead atoms. The summed E-state index contributed by atoms with van der Waals surface area (Å²) >= 11 is 5.82. The number of hydrogen-bond acceptors (Lipinski definition) is 3. The maximum absolute atomic E-state index is 11.9. The first kappa shape index (κ1) is 13.1. The van der Waals surface area contributed by atoms with E-state index in [4.69, 9.17) is 11.6 Å². The van der Waals surface area contributed by atoms with Crippen molar-refractivity contribution in [1.82, 2.24) is 14.8 Å². The zero-order chi connectivity index (χ0) is 13.0. The molecule has 0 saturated carbocycles. The van der Waals surface area contributed by atoms with Crippen molar-refractivity contribution in [3.8, 4) is 0 Å². The van der Waals surface area contributed by atoms with Crippen LogP contribution in [0.25, 0.3) is 0 Å². The molecule has 98 valence electrons. The van der Waals surface area contributed by atoms with E-state index < -0.39 is 0 Å². The number of pyridine rings is 1. The van der Waals surface area contributed by atoms with Crippen LogP contribution in [0.4, 0.5) is 0 Å². The Morgan fingerprint density at radius 1 is 1.33 bits per heavy atom. The number of hydrogen-bond donors (Lipinski definition) is 1. The average Bonchev–Trinajstić information content (AvgIpc) is 2.40. The van der Waals surface area contributed by atoms with E-state index in [9.17, 15) is 9.59 Å². The molecule has 1 aromatic rings. The Kier molecular flexibility index (Phi) is 4.38. The molecule has 1 N–H and O–H groups in total. The van der Waals surface area contributed by atoms with Crippen LogP contribution in [0.2, 0.25) is 5.02 Å². The highest BCUT2D eigenvalue weighted by molar-refractivity contribution is 6.30. The lowest BCUT2D eigenvalue weighted by atomic mass is 10.3. The quantitative estimate of drug-likeness (QED) is 0.860. The number of carbonyl (C=O) groups excluding carboxylic acids is 1. The molecule has 1 fully saturated rings. The molecule has 0 unspecified atom stereocenters. The number of piperazine rings is 1.